The van der Waals surface area contributed by atoms with Crippen molar-refractivity contribution >= 4 is 15.9 Å². The molecule has 0 unspecified atom stereocenters. The highest BCUT2D eigenvalue weighted by atomic mass is 32.2. The summed E-state index contributed by atoms with van der Waals surface area (Å²) in [6.07, 6.45) is 1.83. The van der Waals surface area contributed by atoms with Crippen LogP contribution in [0.3, 0.4) is 0 Å². The van der Waals surface area contributed by atoms with Crippen molar-refractivity contribution < 1.29 is 8.42 Å². The monoisotopic (exact) mass is 278 g/mol. The lowest BCUT2D eigenvalue weighted by molar-refractivity contribution is 0.263. The molecule has 0 amide bonds. The first-order valence-electron chi connectivity index (χ1n) is 6.57. The molecule has 102 valence electrons. The second-order valence-corrected chi connectivity index (χ2v) is 7.15. The third kappa shape index (κ3) is 2.33. The van der Waals surface area contributed by atoms with Crippen LogP contribution in [-0.4, -0.2) is 46.0 Å². The zero-order valence-corrected chi connectivity index (χ0v) is 11.8. The van der Waals surface area contributed by atoms with Crippen molar-refractivity contribution in [1.29, 1.82) is 0 Å². The van der Waals surface area contributed by atoms with Crippen molar-refractivity contribution in [3.8, 4) is 0 Å². The van der Waals surface area contributed by atoms with Crippen LogP contribution in [0.4, 0.5) is 0 Å². The minimum absolute atomic E-state index is 0.470. The Bertz CT molecular complexity index is 629. The molecule has 4 nitrogen and oxygen atoms in total. The molecule has 5 heteroatoms. The van der Waals surface area contributed by atoms with E-state index in [1.165, 1.54) is 0 Å². The lowest BCUT2D eigenvalue weighted by Gasteiger charge is -2.27. The first-order chi connectivity index (χ1) is 9.07. The van der Waals surface area contributed by atoms with Gasteiger partial charge in [0.05, 0.1) is 9.80 Å². The molecule has 0 atom stereocenters. The van der Waals surface area contributed by atoms with Crippen LogP contribution in [0.1, 0.15) is 11.1 Å². The summed E-state index contributed by atoms with van der Waals surface area (Å²) in [5.41, 5.74) is 1.81. The first kappa shape index (κ1) is 12.8. The van der Waals surface area contributed by atoms with E-state index in [4.69, 9.17) is 0 Å². The van der Waals surface area contributed by atoms with Gasteiger partial charge in [0.15, 0.2) is 0 Å². The number of rotatable bonds is 2. The number of nitrogens with zero attached hydrogens (tertiary/aromatic N) is 1. The molecule has 0 radical (unpaired) electrons. The third-order valence-corrected chi connectivity index (χ3v) is 5.58. The Labute approximate surface area is 114 Å². The van der Waals surface area contributed by atoms with Crippen molar-refractivity contribution in [2.45, 2.75) is 11.8 Å². The molecule has 0 aliphatic carbocycles. The summed E-state index contributed by atoms with van der Waals surface area (Å²) in [6.45, 7) is 6.12. The van der Waals surface area contributed by atoms with Crippen LogP contribution in [0.25, 0.3) is 6.08 Å². The van der Waals surface area contributed by atoms with Gasteiger partial charge in [-0.3, -0.25) is 4.90 Å². The molecule has 0 bridgehead atoms. The summed E-state index contributed by atoms with van der Waals surface area (Å²) in [5.74, 6) is 0. The van der Waals surface area contributed by atoms with Crippen molar-refractivity contribution in [2.75, 3.05) is 32.7 Å². The van der Waals surface area contributed by atoms with E-state index < -0.39 is 9.84 Å². The molecule has 2 aliphatic heterocycles. The second kappa shape index (κ2) is 4.74. The molecule has 1 fully saturated rings. The van der Waals surface area contributed by atoms with Crippen molar-refractivity contribution in [1.82, 2.24) is 10.2 Å². The van der Waals surface area contributed by atoms with Gasteiger partial charge in [-0.05, 0) is 30.2 Å². The number of piperazine rings is 1. The summed E-state index contributed by atoms with van der Waals surface area (Å²) in [7, 11) is -3.27. The molecule has 1 aromatic carbocycles. The number of fused-ring (bicyclic) bond motifs is 1. The first-order valence-corrected chi connectivity index (χ1v) is 8.05. The Hall–Kier alpha value is -1.17. The van der Waals surface area contributed by atoms with Gasteiger partial charge < -0.3 is 5.32 Å². The van der Waals surface area contributed by atoms with Crippen molar-refractivity contribution in [3.63, 3.8) is 0 Å². The molecule has 0 saturated carbocycles. The SMILES string of the molecule is Cc1ccc2c(c1)S(=O)(=O)C(CN1CCNCC1)=C2. The van der Waals surface area contributed by atoms with Gasteiger partial charge in [-0.2, -0.15) is 0 Å². The molecule has 1 aromatic rings. The van der Waals surface area contributed by atoms with Gasteiger partial charge in [0.25, 0.3) is 0 Å². The molecular weight excluding hydrogens is 260 g/mol. The Morgan fingerprint density at radius 2 is 2.00 bits per heavy atom. The van der Waals surface area contributed by atoms with E-state index in [-0.39, 0.29) is 0 Å². The fourth-order valence-corrected chi connectivity index (χ4v) is 4.30. The number of hydrogen-bond acceptors (Lipinski definition) is 4. The van der Waals surface area contributed by atoms with Crippen LogP contribution in [0.2, 0.25) is 0 Å². The van der Waals surface area contributed by atoms with Crippen LogP contribution >= 0.6 is 0 Å². The molecule has 2 heterocycles. The predicted octanol–water partition coefficient (Wildman–Crippen LogP) is 1.03. The number of benzene rings is 1. The Balaban J connectivity index is 1.88. The molecule has 3 rings (SSSR count). The summed E-state index contributed by atoms with van der Waals surface area (Å²) >= 11 is 0. The lowest BCUT2D eigenvalue weighted by atomic mass is 10.1. The maximum absolute atomic E-state index is 12.5. The van der Waals surface area contributed by atoms with Gasteiger partial charge in [0.1, 0.15) is 0 Å². The van der Waals surface area contributed by atoms with Crippen LogP contribution in [-0.2, 0) is 9.84 Å². The molecule has 2 aliphatic rings. The van der Waals surface area contributed by atoms with Crippen molar-refractivity contribution in [3.05, 3.63) is 34.2 Å². The number of nitrogens with one attached hydrogen (secondary N) is 1. The molecule has 1 N–H and O–H groups in total. The summed E-state index contributed by atoms with van der Waals surface area (Å²) in [6, 6.07) is 5.62. The van der Waals surface area contributed by atoms with E-state index in [2.05, 4.69) is 10.2 Å². The predicted molar refractivity (Wildman–Crippen MR) is 75.7 cm³/mol. The fraction of sp³-hybridized carbons (Fsp3) is 0.429. The normalized spacial score (nSPS) is 22.1. The Morgan fingerprint density at radius 3 is 2.74 bits per heavy atom. The van der Waals surface area contributed by atoms with Gasteiger partial charge in [-0.25, -0.2) is 8.42 Å². The fourth-order valence-electron chi connectivity index (χ4n) is 2.61. The zero-order valence-electron chi connectivity index (χ0n) is 11.0. The molecular formula is C14H18N2O2S. The van der Waals surface area contributed by atoms with E-state index in [1.54, 1.807) is 6.07 Å². The molecule has 1 saturated heterocycles. The molecule has 0 aromatic heterocycles. The highest BCUT2D eigenvalue weighted by Gasteiger charge is 2.30. The number of sulfone groups is 1. The van der Waals surface area contributed by atoms with Crippen LogP contribution in [0, 0.1) is 6.92 Å². The van der Waals surface area contributed by atoms with Gasteiger partial charge in [-0.1, -0.05) is 12.1 Å². The molecule has 19 heavy (non-hydrogen) atoms. The molecule has 0 spiro atoms. The number of hydrogen-bond donors (Lipinski definition) is 1. The lowest BCUT2D eigenvalue weighted by Crippen LogP contribution is -2.44. The van der Waals surface area contributed by atoms with E-state index in [0.717, 1.165) is 37.3 Å². The zero-order chi connectivity index (χ0) is 13.5. The van der Waals surface area contributed by atoms with Gasteiger partial charge in [-0.15, -0.1) is 0 Å². The quantitative estimate of drug-likeness (QED) is 0.878. The van der Waals surface area contributed by atoms with Crippen LogP contribution in [0.5, 0.6) is 0 Å². The third-order valence-electron chi connectivity index (χ3n) is 3.71. The average Bonchev–Trinajstić information content (AvgIpc) is 2.63. The summed E-state index contributed by atoms with van der Waals surface area (Å²) in [5, 5.41) is 3.27. The van der Waals surface area contributed by atoms with Gasteiger partial charge in [0.2, 0.25) is 9.84 Å². The summed E-state index contributed by atoms with van der Waals surface area (Å²) < 4.78 is 25.0. The van der Waals surface area contributed by atoms with Gasteiger partial charge >= 0.3 is 0 Å². The Kier molecular flexibility index (Phi) is 3.20. The standard InChI is InChI=1S/C14H18N2O2S/c1-11-2-3-12-9-13(19(17,18)14(12)8-11)10-16-6-4-15-5-7-16/h2-3,8-9,15H,4-7,10H2,1H3. The maximum Gasteiger partial charge on any atom is 0.204 e. The largest absolute Gasteiger partial charge is 0.314 e. The minimum Gasteiger partial charge on any atom is -0.314 e. The van der Waals surface area contributed by atoms with E-state index in [1.807, 2.05) is 25.1 Å². The van der Waals surface area contributed by atoms with Crippen molar-refractivity contribution in [2.24, 2.45) is 0 Å². The van der Waals surface area contributed by atoms with Gasteiger partial charge in [0, 0.05) is 32.7 Å². The number of aryl methyl sites for hydroxylation is 1. The smallest absolute Gasteiger partial charge is 0.204 e. The second-order valence-electron chi connectivity index (χ2n) is 5.18. The van der Waals surface area contributed by atoms with Crippen LogP contribution < -0.4 is 5.32 Å². The average molecular weight is 278 g/mol. The highest BCUT2D eigenvalue weighted by molar-refractivity contribution is 7.95. The van der Waals surface area contributed by atoms with E-state index in [0.29, 0.717) is 16.3 Å². The van der Waals surface area contributed by atoms with E-state index in [9.17, 15) is 8.42 Å². The highest BCUT2D eigenvalue weighted by Crippen LogP contribution is 2.33. The van der Waals surface area contributed by atoms with E-state index >= 15 is 0 Å². The summed E-state index contributed by atoms with van der Waals surface area (Å²) in [4.78, 5) is 3.20. The topological polar surface area (TPSA) is 49.4 Å². The Morgan fingerprint density at radius 1 is 1.26 bits per heavy atom. The minimum atomic E-state index is -3.27. The maximum atomic E-state index is 12.5. The van der Waals surface area contributed by atoms with Crippen LogP contribution in [0.15, 0.2) is 28.0 Å².